The van der Waals surface area contributed by atoms with Gasteiger partial charge < -0.3 is 5.11 Å². The SMILES string of the molecule is O=C(O)c1ccc(F)c(CSc2ncccn2)c1. The third-order valence-electron chi connectivity index (χ3n) is 2.19. The van der Waals surface area contributed by atoms with Gasteiger partial charge in [-0.15, -0.1) is 0 Å². The summed E-state index contributed by atoms with van der Waals surface area (Å²) in [7, 11) is 0. The van der Waals surface area contributed by atoms with Gasteiger partial charge in [-0.25, -0.2) is 19.2 Å². The van der Waals surface area contributed by atoms with E-state index in [4.69, 9.17) is 5.11 Å². The molecular weight excluding hydrogens is 255 g/mol. The van der Waals surface area contributed by atoms with Crippen LogP contribution in [-0.2, 0) is 5.75 Å². The molecule has 0 aliphatic heterocycles. The van der Waals surface area contributed by atoms with Crippen molar-refractivity contribution in [2.24, 2.45) is 0 Å². The van der Waals surface area contributed by atoms with Crippen LogP contribution < -0.4 is 0 Å². The first kappa shape index (κ1) is 12.5. The van der Waals surface area contributed by atoms with E-state index >= 15 is 0 Å². The molecule has 18 heavy (non-hydrogen) atoms. The number of carboxylic acids is 1. The van der Waals surface area contributed by atoms with Crippen molar-refractivity contribution in [2.75, 3.05) is 0 Å². The Morgan fingerprint density at radius 3 is 2.72 bits per heavy atom. The van der Waals surface area contributed by atoms with E-state index in [1.807, 2.05) is 0 Å². The third kappa shape index (κ3) is 3.04. The van der Waals surface area contributed by atoms with Gasteiger partial charge in [0.15, 0.2) is 5.16 Å². The zero-order chi connectivity index (χ0) is 13.0. The average Bonchev–Trinajstić information content (AvgIpc) is 2.38. The number of aromatic nitrogens is 2. The van der Waals surface area contributed by atoms with E-state index in [1.54, 1.807) is 18.5 Å². The van der Waals surface area contributed by atoms with E-state index in [0.717, 1.165) is 6.07 Å². The van der Waals surface area contributed by atoms with E-state index in [-0.39, 0.29) is 11.3 Å². The fourth-order valence-electron chi connectivity index (χ4n) is 1.32. The van der Waals surface area contributed by atoms with Gasteiger partial charge in [0.25, 0.3) is 0 Å². The zero-order valence-corrected chi connectivity index (χ0v) is 10.0. The highest BCUT2D eigenvalue weighted by Crippen LogP contribution is 2.21. The summed E-state index contributed by atoms with van der Waals surface area (Å²) in [6.07, 6.45) is 3.19. The highest BCUT2D eigenvalue weighted by atomic mass is 32.2. The van der Waals surface area contributed by atoms with E-state index in [1.165, 1.54) is 23.9 Å². The molecule has 92 valence electrons. The second-order valence-corrected chi connectivity index (χ2v) is 4.37. The number of hydrogen-bond donors (Lipinski definition) is 1. The number of hydrogen-bond acceptors (Lipinski definition) is 4. The molecule has 2 rings (SSSR count). The molecule has 0 unspecified atom stereocenters. The Labute approximate surface area is 107 Å². The summed E-state index contributed by atoms with van der Waals surface area (Å²) < 4.78 is 13.5. The summed E-state index contributed by atoms with van der Waals surface area (Å²) in [5.74, 6) is -1.21. The largest absolute Gasteiger partial charge is 0.478 e. The monoisotopic (exact) mass is 264 g/mol. The van der Waals surface area contributed by atoms with Crippen LogP contribution in [0.1, 0.15) is 15.9 Å². The second kappa shape index (κ2) is 5.59. The Morgan fingerprint density at radius 1 is 1.33 bits per heavy atom. The number of thioether (sulfide) groups is 1. The molecule has 0 aliphatic carbocycles. The van der Waals surface area contributed by atoms with Gasteiger partial charge >= 0.3 is 5.97 Å². The Kier molecular flexibility index (Phi) is 3.88. The van der Waals surface area contributed by atoms with Crippen molar-refractivity contribution in [2.45, 2.75) is 10.9 Å². The van der Waals surface area contributed by atoms with Gasteiger partial charge in [-0.05, 0) is 29.8 Å². The van der Waals surface area contributed by atoms with Crippen LogP contribution in [0.15, 0.2) is 41.8 Å². The molecule has 0 bridgehead atoms. The molecule has 1 aromatic carbocycles. The minimum absolute atomic E-state index is 0.0704. The van der Waals surface area contributed by atoms with Gasteiger partial charge in [-0.2, -0.15) is 0 Å². The van der Waals surface area contributed by atoms with Gasteiger partial charge in [0.1, 0.15) is 5.82 Å². The van der Waals surface area contributed by atoms with Crippen LogP contribution >= 0.6 is 11.8 Å². The number of halogens is 1. The lowest BCUT2D eigenvalue weighted by atomic mass is 10.1. The molecule has 4 nitrogen and oxygen atoms in total. The molecule has 1 heterocycles. The van der Waals surface area contributed by atoms with Crippen molar-refractivity contribution < 1.29 is 14.3 Å². The number of carbonyl (C=O) groups is 1. The summed E-state index contributed by atoms with van der Waals surface area (Å²) in [5.41, 5.74) is 0.397. The smallest absolute Gasteiger partial charge is 0.335 e. The molecule has 1 aromatic heterocycles. The van der Waals surface area contributed by atoms with Gasteiger partial charge in [-0.1, -0.05) is 11.8 Å². The quantitative estimate of drug-likeness (QED) is 0.679. The summed E-state index contributed by atoms with van der Waals surface area (Å²) >= 11 is 1.25. The molecule has 0 saturated heterocycles. The van der Waals surface area contributed by atoms with Crippen molar-refractivity contribution >= 4 is 17.7 Å². The van der Waals surface area contributed by atoms with Gasteiger partial charge in [0.05, 0.1) is 5.56 Å². The molecule has 0 fully saturated rings. The molecule has 6 heteroatoms. The van der Waals surface area contributed by atoms with Crippen LogP contribution in [0.3, 0.4) is 0 Å². The first-order chi connectivity index (χ1) is 8.66. The highest BCUT2D eigenvalue weighted by Gasteiger charge is 2.09. The number of nitrogens with zero attached hydrogens (tertiary/aromatic N) is 2. The van der Waals surface area contributed by atoms with Crippen LogP contribution in [0.2, 0.25) is 0 Å². The van der Waals surface area contributed by atoms with Crippen molar-refractivity contribution in [1.82, 2.24) is 9.97 Å². The van der Waals surface area contributed by atoms with Crippen molar-refractivity contribution in [3.8, 4) is 0 Å². The normalized spacial score (nSPS) is 10.3. The molecule has 2 aromatic rings. The van der Waals surface area contributed by atoms with Crippen molar-refractivity contribution in [3.05, 3.63) is 53.6 Å². The number of rotatable bonds is 4. The third-order valence-corrected chi connectivity index (χ3v) is 3.12. The molecule has 0 aliphatic rings. The zero-order valence-electron chi connectivity index (χ0n) is 9.21. The number of aromatic carboxylic acids is 1. The van der Waals surface area contributed by atoms with Crippen LogP contribution in [0.4, 0.5) is 4.39 Å². The molecule has 0 radical (unpaired) electrons. The number of benzene rings is 1. The Morgan fingerprint density at radius 2 is 2.06 bits per heavy atom. The first-order valence-corrected chi connectivity index (χ1v) is 6.07. The summed E-state index contributed by atoms with van der Waals surface area (Å²) in [5, 5.41) is 9.36. The fraction of sp³-hybridized carbons (Fsp3) is 0.0833. The lowest BCUT2D eigenvalue weighted by Crippen LogP contribution is -1.99. The van der Waals surface area contributed by atoms with Crippen LogP contribution in [-0.4, -0.2) is 21.0 Å². The Balaban J connectivity index is 2.14. The van der Waals surface area contributed by atoms with Crippen molar-refractivity contribution in [1.29, 1.82) is 0 Å². The minimum atomic E-state index is -1.07. The summed E-state index contributed by atoms with van der Waals surface area (Å²) in [6, 6.07) is 5.42. The molecule has 0 saturated carbocycles. The molecule has 0 atom stereocenters. The molecule has 0 spiro atoms. The fourth-order valence-corrected chi connectivity index (χ4v) is 2.10. The first-order valence-electron chi connectivity index (χ1n) is 5.08. The van der Waals surface area contributed by atoms with E-state index in [0.29, 0.717) is 10.7 Å². The molecule has 1 N–H and O–H groups in total. The van der Waals surface area contributed by atoms with E-state index in [2.05, 4.69) is 9.97 Å². The molecular formula is C12H9FN2O2S. The second-order valence-electron chi connectivity index (χ2n) is 3.43. The van der Waals surface area contributed by atoms with Gasteiger partial charge in [-0.3, -0.25) is 0 Å². The maximum absolute atomic E-state index is 13.5. The van der Waals surface area contributed by atoms with Crippen LogP contribution in [0, 0.1) is 5.82 Å². The predicted octanol–water partition coefficient (Wildman–Crippen LogP) is 2.61. The standard InChI is InChI=1S/C12H9FN2O2S/c13-10-3-2-8(11(16)17)6-9(10)7-18-12-14-4-1-5-15-12/h1-6H,7H2,(H,16,17). The minimum Gasteiger partial charge on any atom is -0.478 e. The number of carboxylic acid groups (broad SMARTS) is 1. The van der Waals surface area contributed by atoms with Crippen LogP contribution in [0.25, 0.3) is 0 Å². The topological polar surface area (TPSA) is 63.1 Å². The van der Waals surface area contributed by atoms with Crippen molar-refractivity contribution in [3.63, 3.8) is 0 Å². The van der Waals surface area contributed by atoms with E-state index in [9.17, 15) is 9.18 Å². The maximum Gasteiger partial charge on any atom is 0.335 e. The van der Waals surface area contributed by atoms with E-state index < -0.39 is 11.8 Å². The van der Waals surface area contributed by atoms with Crippen LogP contribution in [0.5, 0.6) is 0 Å². The summed E-state index contributed by atoms with van der Waals surface area (Å²) in [4.78, 5) is 18.8. The average molecular weight is 264 g/mol. The summed E-state index contributed by atoms with van der Waals surface area (Å²) in [6.45, 7) is 0. The lowest BCUT2D eigenvalue weighted by molar-refractivity contribution is 0.0696. The Bertz CT molecular complexity index is 563. The maximum atomic E-state index is 13.5. The Hall–Kier alpha value is -1.95. The molecule has 0 amide bonds. The highest BCUT2D eigenvalue weighted by molar-refractivity contribution is 7.98. The van der Waals surface area contributed by atoms with Gasteiger partial charge in [0, 0.05) is 18.1 Å². The predicted molar refractivity (Wildman–Crippen MR) is 65.0 cm³/mol. The lowest BCUT2D eigenvalue weighted by Gasteiger charge is -2.03. The van der Waals surface area contributed by atoms with Gasteiger partial charge in [0.2, 0.25) is 0 Å².